The maximum absolute atomic E-state index is 12.5. The number of carbonyl (C=O) groups excluding carboxylic acids is 3. The number of rotatable bonds is 13. The third-order valence-electron chi connectivity index (χ3n) is 15.3. The molecule has 2 atom stereocenters. The normalized spacial score (nSPS) is 19.8. The fourth-order valence-corrected chi connectivity index (χ4v) is 11.8. The molecule has 15 nitrogen and oxygen atoms in total. The lowest BCUT2D eigenvalue weighted by Crippen LogP contribution is -2.35. The second-order valence-electron chi connectivity index (χ2n) is 22.9. The molecule has 2 aromatic heterocycles. The minimum Gasteiger partial charge on any atom is -0.444 e. The van der Waals surface area contributed by atoms with Crippen molar-refractivity contribution in [3.63, 3.8) is 0 Å². The maximum Gasteiger partial charge on any atom is 0.418 e. The van der Waals surface area contributed by atoms with E-state index in [-0.39, 0.29) is 43.0 Å². The van der Waals surface area contributed by atoms with Crippen LogP contribution in [0.2, 0.25) is 0 Å². The van der Waals surface area contributed by atoms with Crippen molar-refractivity contribution in [3.8, 4) is 22.5 Å². The van der Waals surface area contributed by atoms with E-state index in [0.29, 0.717) is 6.54 Å². The van der Waals surface area contributed by atoms with Crippen LogP contribution in [0.4, 0.5) is 9.59 Å². The van der Waals surface area contributed by atoms with E-state index in [9.17, 15) is 14.4 Å². The van der Waals surface area contributed by atoms with E-state index < -0.39 is 17.3 Å². The summed E-state index contributed by atoms with van der Waals surface area (Å²) in [7, 11) is 4.35. The number of nitrogens with zero attached hydrogens (tertiary/aromatic N) is 7. The summed E-state index contributed by atoms with van der Waals surface area (Å²) in [5.74, 6) is 3.35. The Morgan fingerprint density at radius 1 is 0.679 bits per heavy atom. The van der Waals surface area contributed by atoms with Crippen LogP contribution in [0.15, 0.2) is 109 Å². The van der Waals surface area contributed by atoms with Crippen LogP contribution < -0.4 is 5.32 Å². The smallest absolute Gasteiger partial charge is 0.418 e. The number of aromatic nitrogens is 4. The molecular formula is C62H76N8O7S. The highest BCUT2D eigenvalue weighted by molar-refractivity contribution is 7.98. The van der Waals surface area contributed by atoms with Gasteiger partial charge in [-0.1, -0.05) is 97.1 Å². The van der Waals surface area contributed by atoms with E-state index in [0.717, 1.165) is 134 Å². The van der Waals surface area contributed by atoms with Gasteiger partial charge in [0.1, 0.15) is 29.5 Å². The number of hydrogen-bond acceptors (Lipinski definition) is 12. The maximum atomic E-state index is 12.5. The molecule has 5 aliphatic rings. The van der Waals surface area contributed by atoms with Gasteiger partial charge in [-0.15, -0.1) is 0 Å². The molecule has 3 saturated heterocycles. The second-order valence-corrected chi connectivity index (χ2v) is 24.0. The summed E-state index contributed by atoms with van der Waals surface area (Å²) in [5.41, 5.74) is 9.65. The largest absolute Gasteiger partial charge is 0.444 e. The van der Waals surface area contributed by atoms with Crippen LogP contribution in [-0.4, -0.2) is 128 Å². The number of piperidine rings is 2. The van der Waals surface area contributed by atoms with Gasteiger partial charge in [0.15, 0.2) is 5.60 Å². The van der Waals surface area contributed by atoms with Crippen LogP contribution in [-0.2, 0) is 62.0 Å². The molecule has 0 saturated carbocycles. The number of alkyl carbamates (subject to hydrolysis) is 1. The van der Waals surface area contributed by atoms with Gasteiger partial charge in [0.2, 0.25) is 0 Å². The molecule has 3 amide bonds. The minimum atomic E-state index is -1.12. The fourth-order valence-electron chi connectivity index (χ4n) is 10.9. The van der Waals surface area contributed by atoms with Gasteiger partial charge in [0.05, 0.1) is 30.1 Å². The van der Waals surface area contributed by atoms with Crippen LogP contribution in [0.1, 0.15) is 118 Å². The Morgan fingerprint density at radius 3 is 1.62 bits per heavy atom. The zero-order chi connectivity index (χ0) is 54.6. The van der Waals surface area contributed by atoms with Crippen molar-refractivity contribution in [2.45, 2.75) is 134 Å². The second kappa shape index (κ2) is 24.0. The standard InChI is InChI=1S/C32H42N4O3S.C30H34N4O4/c1-32(2,3)39-31(37)33-16-20-40-22-23-9-11-25(12-10-23)28-21-36-19-13-24-7-5-6-8-27(24)29(30(36)34-28)38-26-14-17-35(4)18-15-26;1-30(2)28(35)34(29(36)38-30)18-20-8-10-22(11-9-20)25-19-33-17-12-21-6-4-5-7-24(21)26(27(33)31-25)37-23-13-15-32(3)16-14-23/h5-12,21,26,29H,13-20,22H2,1-4H3,(H,33,37);4-11,19,23,26H,12-18H2,1-3H3. The lowest BCUT2D eigenvalue weighted by molar-refractivity contribution is -0.134. The molecule has 3 fully saturated rings. The summed E-state index contributed by atoms with van der Waals surface area (Å²) in [6, 6.07) is 33.8. The van der Waals surface area contributed by atoms with E-state index >= 15 is 0 Å². The number of likely N-dealkylation sites (tertiary alicyclic amines) is 2. The predicted octanol–water partition coefficient (Wildman–Crippen LogP) is 10.6. The van der Waals surface area contributed by atoms with E-state index in [4.69, 9.17) is 28.9 Å². The van der Waals surface area contributed by atoms with Crippen LogP contribution in [0.5, 0.6) is 0 Å². The number of amides is 3. The molecule has 412 valence electrons. The molecule has 0 radical (unpaired) electrons. The molecule has 16 heteroatoms. The minimum absolute atomic E-state index is 0.147. The number of imide groups is 1. The van der Waals surface area contributed by atoms with E-state index in [1.54, 1.807) is 25.6 Å². The van der Waals surface area contributed by atoms with Gasteiger partial charge >= 0.3 is 12.2 Å². The van der Waals surface area contributed by atoms with Crippen LogP contribution >= 0.6 is 11.8 Å². The van der Waals surface area contributed by atoms with Gasteiger partial charge in [0.25, 0.3) is 5.91 Å². The van der Waals surface area contributed by atoms with Gasteiger partial charge in [-0.05, 0) is 121 Å². The Morgan fingerprint density at radius 2 is 1.15 bits per heavy atom. The van der Waals surface area contributed by atoms with Crippen molar-refractivity contribution in [3.05, 3.63) is 154 Å². The number of aryl methyl sites for hydroxylation is 4. The molecule has 5 aliphatic heterocycles. The third kappa shape index (κ3) is 13.2. The van der Waals surface area contributed by atoms with Crippen LogP contribution in [0.25, 0.3) is 22.5 Å². The quantitative estimate of drug-likeness (QED) is 0.110. The summed E-state index contributed by atoms with van der Waals surface area (Å²) in [6.07, 6.45) is 9.52. The molecule has 4 aromatic carbocycles. The Labute approximate surface area is 464 Å². The number of ether oxygens (including phenoxy) is 4. The van der Waals surface area contributed by atoms with Gasteiger partial charge < -0.3 is 43.2 Å². The monoisotopic (exact) mass is 1080 g/mol. The number of fused-ring (bicyclic) bond motifs is 4. The number of benzene rings is 4. The van der Waals surface area contributed by atoms with E-state index in [2.05, 4.69) is 124 Å². The topological polar surface area (TPSA) is 146 Å². The predicted molar refractivity (Wildman–Crippen MR) is 304 cm³/mol. The first-order chi connectivity index (χ1) is 37.5. The molecule has 78 heavy (non-hydrogen) atoms. The zero-order valence-corrected chi connectivity index (χ0v) is 47.2. The molecule has 6 aromatic rings. The molecule has 11 rings (SSSR count). The van der Waals surface area contributed by atoms with E-state index in [1.807, 2.05) is 45.0 Å². The van der Waals surface area contributed by atoms with Crippen molar-refractivity contribution >= 4 is 29.9 Å². The van der Waals surface area contributed by atoms with Gasteiger partial charge in [-0.25, -0.2) is 24.5 Å². The third-order valence-corrected chi connectivity index (χ3v) is 16.4. The van der Waals surface area contributed by atoms with E-state index in [1.165, 1.54) is 27.8 Å². The van der Waals surface area contributed by atoms with Crippen molar-refractivity contribution < 1.29 is 33.3 Å². The number of cyclic esters (lactones) is 1. The molecule has 7 heterocycles. The molecular weight excluding hydrogens is 1000 g/mol. The first kappa shape index (κ1) is 55.0. The number of nitrogens with one attached hydrogen (secondary N) is 1. The Kier molecular flexibility index (Phi) is 16.9. The summed E-state index contributed by atoms with van der Waals surface area (Å²) in [5, 5.41) is 2.82. The van der Waals surface area contributed by atoms with Gasteiger partial charge in [0, 0.05) is 80.8 Å². The number of imidazole rings is 2. The van der Waals surface area contributed by atoms with Gasteiger partial charge in [-0.3, -0.25) is 4.79 Å². The summed E-state index contributed by atoms with van der Waals surface area (Å²) in [4.78, 5) is 52.6. The number of hydrogen-bond donors (Lipinski definition) is 1. The molecule has 1 N–H and O–H groups in total. The average molecular weight is 1080 g/mol. The average Bonchev–Trinajstić information content (AvgIpc) is 4.20. The highest BCUT2D eigenvalue weighted by Gasteiger charge is 2.47. The van der Waals surface area contributed by atoms with Crippen molar-refractivity contribution in [2.75, 3.05) is 52.6 Å². The highest BCUT2D eigenvalue weighted by Crippen LogP contribution is 2.38. The molecule has 0 spiro atoms. The zero-order valence-electron chi connectivity index (χ0n) is 46.4. The Bertz CT molecular complexity index is 3040. The first-order valence-corrected chi connectivity index (χ1v) is 28.9. The van der Waals surface area contributed by atoms with Crippen molar-refractivity contribution in [1.82, 2.24) is 39.1 Å². The van der Waals surface area contributed by atoms with Crippen LogP contribution in [0, 0.1) is 0 Å². The van der Waals surface area contributed by atoms with Crippen molar-refractivity contribution in [1.29, 1.82) is 0 Å². The fraction of sp³-hybridized carbons (Fsp3) is 0.468. The Hall–Kier alpha value is -6.30. The lowest BCUT2D eigenvalue weighted by atomic mass is 10.00. The van der Waals surface area contributed by atoms with Crippen molar-refractivity contribution in [2.24, 2.45) is 0 Å². The SMILES string of the molecule is CN1CCC(OC2c3ccccc3CCn3cc(-c4ccc(CN5C(=O)OC(C)(C)C5=O)cc4)nc32)CC1.CN1CCC(OC2c3ccccc3CCn3cc(-c4ccc(CSCCNC(=O)OC(C)(C)C)cc4)nc32)CC1. The molecule has 0 bridgehead atoms. The highest BCUT2D eigenvalue weighted by atomic mass is 32.2. The summed E-state index contributed by atoms with van der Waals surface area (Å²) >= 11 is 1.79. The number of thioether (sulfide) groups is 1. The summed E-state index contributed by atoms with van der Waals surface area (Å²) in [6.45, 7) is 15.6. The number of carbonyl (C=O) groups is 3. The molecule has 0 aliphatic carbocycles. The summed E-state index contributed by atoms with van der Waals surface area (Å²) < 4.78 is 28.7. The van der Waals surface area contributed by atoms with Crippen LogP contribution in [0.3, 0.4) is 0 Å². The lowest BCUT2D eigenvalue weighted by Gasteiger charge is -2.32. The Balaban J connectivity index is 0.000000177. The molecule has 2 unspecified atom stereocenters. The van der Waals surface area contributed by atoms with Gasteiger partial charge in [-0.2, -0.15) is 11.8 Å². The first-order valence-electron chi connectivity index (χ1n) is 27.8.